The van der Waals surface area contributed by atoms with E-state index in [4.69, 9.17) is 0 Å². The second-order valence-electron chi connectivity index (χ2n) is 1.84. The van der Waals surface area contributed by atoms with Crippen LogP contribution in [0.1, 0.15) is 0 Å². The van der Waals surface area contributed by atoms with Crippen LogP contribution in [0.3, 0.4) is 0 Å². The maximum absolute atomic E-state index is 12.2. The van der Waals surface area contributed by atoms with Crippen LogP contribution in [0.15, 0.2) is 0 Å². The predicted molar refractivity (Wildman–Crippen MR) is 27.8 cm³/mol. The standard InChI is InChI=1S/C4H2ClF7O/c5-1-13-2(6,3(7,8)9)4(10,11)12/h1H2. The van der Waals surface area contributed by atoms with Gasteiger partial charge in [0.05, 0.1) is 0 Å². The summed E-state index contributed by atoms with van der Waals surface area (Å²) in [5, 5.41) is 0. The molecule has 0 rings (SSSR count). The largest absolute Gasteiger partial charge is 0.458 e. The zero-order chi connectivity index (χ0) is 10.9. The number of hydrogen-bond donors (Lipinski definition) is 0. The number of rotatable bonds is 2. The Morgan fingerprint density at radius 1 is 0.846 bits per heavy atom. The molecule has 0 spiro atoms. The van der Waals surface area contributed by atoms with Crippen LogP contribution >= 0.6 is 11.6 Å². The maximum atomic E-state index is 12.2. The zero-order valence-electron chi connectivity index (χ0n) is 5.64. The van der Waals surface area contributed by atoms with Crippen LogP contribution in [-0.2, 0) is 4.74 Å². The first-order valence-electron chi connectivity index (χ1n) is 2.58. The lowest BCUT2D eigenvalue weighted by atomic mass is 10.3. The number of ether oxygens (including phenoxy) is 1. The normalized spacial score (nSPS) is 14.8. The summed E-state index contributed by atoms with van der Waals surface area (Å²) in [6.07, 6.45) is -12.4. The molecule has 0 amide bonds. The fourth-order valence-corrected chi connectivity index (χ4v) is 0.550. The predicted octanol–water partition coefficient (Wildman–Crippen LogP) is 2.99. The molecule has 0 aromatic carbocycles. The Morgan fingerprint density at radius 2 is 1.15 bits per heavy atom. The third kappa shape index (κ3) is 2.37. The molecule has 1 nitrogen and oxygen atoms in total. The van der Waals surface area contributed by atoms with Crippen LogP contribution in [0.4, 0.5) is 30.7 Å². The second kappa shape index (κ2) is 3.49. The van der Waals surface area contributed by atoms with Crippen LogP contribution in [0.2, 0.25) is 0 Å². The molecule has 0 aromatic heterocycles. The third-order valence-corrected chi connectivity index (χ3v) is 1.09. The molecular weight excluding hydrogens is 232 g/mol. The molecule has 0 aromatic rings. The molecule has 9 heteroatoms. The van der Waals surface area contributed by atoms with Gasteiger partial charge in [-0.1, -0.05) is 11.6 Å². The van der Waals surface area contributed by atoms with Crippen molar-refractivity contribution in [2.24, 2.45) is 0 Å². The first-order valence-corrected chi connectivity index (χ1v) is 3.12. The number of hydrogen-bond acceptors (Lipinski definition) is 1. The van der Waals surface area contributed by atoms with Crippen LogP contribution in [0.5, 0.6) is 0 Å². The molecule has 0 aliphatic rings. The molecule has 0 N–H and O–H groups in total. The van der Waals surface area contributed by atoms with E-state index in [1.807, 2.05) is 0 Å². The van der Waals surface area contributed by atoms with E-state index in [2.05, 4.69) is 16.3 Å². The van der Waals surface area contributed by atoms with Gasteiger partial charge in [-0.05, 0) is 0 Å². The summed E-state index contributed by atoms with van der Waals surface area (Å²) in [6, 6.07) is -1.56. The molecule has 0 saturated carbocycles. The van der Waals surface area contributed by atoms with E-state index in [0.29, 0.717) is 0 Å². The fourth-order valence-electron chi connectivity index (χ4n) is 0.400. The SMILES string of the molecule is FC(F)(F)C(F)(OCCl)C(F)(F)F. The Kier molecular flexibility index (Phi) is 3.42. The van der Waals surface area contributed by atoms with Crippen molar-refractivity contribution in [1.82, 2.24) is 0 Å². The van der Waals surface area contributed by atoms with Crippen molar-refractivity contribution in [2.45, 2.75) is 18.2 Å². The molecule has 0 saturated heterocycles. The summed E-state index contributed by atoms with van der Waals surface area (Å²) in [7, 11) is 0. The summed E-state index contributed by atoms with van der Waals surface area (Å²) >= 11 is 4.44. The molecule has 0 atom stereocenters. The molecule has 0 bridgehead atoms. The van der Waals surface area contributed by atoms with Crippen molar-refractivity contribution in [3.8, 4) is 0 Å². The number of alkyl halides is 8. The van der Waals surface area contributed by atoms with E-state index in [9.17, 15) is 30.7 Å². The minimum Gasteiger partial charge on any atom is -0.316 e. The number of halogens is 8. The van der Waals surface area contributed by atoms with Crippen molar-refractivity contribution in [3.63, 3.8) is 0 Å². The molecule has 0 unspecified atom stereocenters. The summed E-state index contributed by atoms with van der Waals surface area (Å²) in [5.74, 6) is -5.71. The fraction of sp³-hybridized carbons (Fsp3) is 1.00. The van der Waals surface area contributed by atoms with Crippen LogP contribution in [-0.4, -0.2) is 24.3 Å². The summed E-state index contributed by atoms with van der Waals surface area (Å²) in [5.41, 5.74) is 0. The summed E-state index contributed by atoms with van der Waals surface area (Å²) in [6.45, 7) is 0. The lowest BCUT2D eigenvalue weighted by Crippen LogP contribution is -2.55. The van der Waals surface area contributed by atoms with Gasteiger partial charge in [-0.3, -0.25) is 0 Å². The van der Waals surface area contributed by atoms with Crippen LogP contribution in [0, 0.1) is 0 Å². The van der Waals surface area contributed by atoms with Gasteiger partial charge in [0.2, 0.25) is 0 Å². The molecule has 0 aliphatic carbocycles. The quantitative estimate of drug-likeness (QED) is 0.527. The lowest BCUT2D eigenvalue weighted by molar-refractivity contribution is -0.426. The Hall–Kier alpha value is -0.240. The highest BCUT2D eigenvalue weighted by molar-refractivity contribution is 6.17. The van der Waals surface area contributed by atoms with Crippen molar-refractivity contribution in [2.75, 3.05) is 6.07 Å². The van der Waals surface area contributed by atoms with E-state index >= 15 is 0 Å². The Labute approximate surface area is 72.4 Å². The second-order valence-corrected chi connectivity index (χ2v) is 2.06. The van der Waals surface area contributed by atoms with E-state index < -0.39 is 24.3 Å². The van der Waals surface area contributed by atoms with Crippen molar-refractivity contribution >= 4 is 11.6 Å². The Bertz CT molecular complexity index is 158. The Morgan fingerprint density at radius 3 is 1.23 bits per heavy atom. The maximum Gasteiger partial charge on any atom is 0.458 e. The lowest BCUT2D eigenvalue weighted by Gasteiger charge is -2.28. The van der Waals surface area contributed by atoms with Gasteiger partial charge in [0.15, 0.2) is 0 Å². The topological polar surface area (TPSA) is 9.23 Å². The molecule has 0 radical (unpaired) electrons. The van der Waals surface area contributed by atoms with Crippen LogP contribution in [0.25, 0.3) is 0 Å². The summed E-state index contributed by atoms with van der Waals surface area (Å²) < 4.78 is 84.1. The van der Waals surface area contributed by atoms with Gasteiger partial charge in [-0.15, -0.1) is 0 Å². The Balaban J connectivity index is 4.96. The van der Waals surface area contributed by atoms with Gasteiger partial charge >= 0.3 is 18.2 Å². The minimum absolute atomic E-state index is 1.56. The van der Waals surface area contributed by atoms with Gasteiger partial charge in [-0.25, -0.2) is 0 Å². The molecule has 0 heterocycles. The molecule has 13 heavy (non-hydrogen) atoms. The molecule has 0 fully saturated rings. The monoisotopic (exact) mass is 234 g/mol. The van der Waals surface area contributed by atoms with Crippen molar-refractivity contribution < 1.29 is 35.5 Å². The highest BCUT2D eigenvalue weighted by atomic mass is 35.5. The third-order valence-electron chi connectivity index (χ3n) is 0.983. The van der Waals surface area contributed by atoms with Gasteiger partial charge in [-0.2, -0.15) is 30.7 Å². The van der Waals surface area contributed by atoms with E-state index in [1.54, 1.807) is 0 Å². The zero-order valence-corrected chi connectivity index (χ0v) is 6.39. The van der Waals surface area contributed by atoms with Gasteiger partial charge in [0, 0.05) is 0 Å². The highest BCUT2D eigenvalue weighted by Crippen LogP contribution is 2.46. The smallest absolute Gasteiger partial charge is 0.316 e. The average molecular weight is 234 g/mol. The highest BCUT2D eigenvalue weighted by Gasteiger charge is 2.74. The van der Waals surface area contributed by atoms with E-state index in [1.165, 1.54) is 0 Å². The van der Waals surface area contributed by atoms with E-state index in [0.717, 1.165) is 0 Å². The molecule has 0 aliphatic heterocycles. The molecule has 80 valence electrons. The average Bonchev–Trinajstić information content (AvgIpc) is 1.82. The van der Waals surface area contributed by atoms with Gasteiger partial charge < -0.3 is 4.74 Å². The first kappa shape index (κ1) is 12.8. The van der Waals surface area contributed by atoms with Crippen molar-refractivity contribution in [3.05, 3.63) is 0 Å². The minimum atomic E-state index is -6.21. The van der Waals surface area contributed by atoms with Crippen molar-refractivity contribution in [1.29, 1.82) is 0 Å². The first-order chi connectivity index (χ1) is 5.56. The van der Waals surface area contributed by atoms with Gasteiger partial charge in [0.25, 0.3) is 0 Å². The van der Waals surface area contributed by atoms with E-state index in [-0.39, 0.29) is 0 Å². The van der Waals surface area contributed by atoms with Gasteiger partial charge in [0.1, 0.15) is 6.07 Å². The molecular formula is C4H2ClF7O. The summed E-state index contributed by atoms with van der Waals surface area (Å²) in [4.78, 5) is 0. The van der Waals surface area contributed by atoms with Crippen LogP contribution < -0.4 is 0 Å².